The molecule has 0 fully saturated rings. The summed E-state index contributed by atoms with van der Waals surface area (Å²) >= 11 is 13.0. The van der Waals surface area contributed by atoms with Crippen LogP contribution in [-0.4, -0.2) is 15.8 Å². The summed E-state index contributed by atoms with van der Waals surface area (Å²) in [6, 6.07) is 31.9. The third-order valence-corrected chi connectivity index (χ3v) is 8.67. The number of Topliss-reactive ketones (excluding diaryl/α,β-unsaturated/α-hetero) is 1. The van der Waals surface area contributed by atoms with Crippen molar-refractivity contribution in [3.05, 3.63) is 130 Å². The maximum atomic E-state index is 14.6. The van der Waals surface area contributed by atoms with Crippen molar-refractivity contribution in [2.45, 2.75) is 39.5 Å². The fourth-order valence-corrected chi connectivity index (χ4v) is 6.64. The molecule has 6 rings (SSSR count). The highest BCUT2D eigenvalue weighted by Crippen LogP contribution is 2.43. The van der Waals surface area contributed by atoms with E-state index in [9.17, 15) is 4.79 Å². The maximum Gasteiger partial charge on any atom is 0.147 e. The van der Waals surface area contributed by atoms with E-state index in [0.717, 1.165) is 66.6 Å². The number of rotatable bonds is 6. The molecule has 6 aromatic rings. The van der Waals surface area contributed by atoms with Gasteiger partial charge in [0.1, 0.15) is 5.78 Å². The molecule has 0 aliphatic rings. The highest BCUT2D eigenvalue weighted by atomic mass is 35.5. The molecule has 0 N–H and O–H groups in total. The van der Waals surface area contributed by atoms with Crippen LogP contribution in [0.3, 0.4) is 0 Å². The Bertz CT molecular complexity index is 1830. The number of aryl methyl sites for hydroxylation is 2. The van der Waals surface area contributed by atoms with E-state index in [2.05, 4.69) is 24.3 Å². The molecule has 3 nitrogen and oxygen atoms in total. The summed E-state index contributed by atoms with van der Waals surface area (Å²) in [5.41, 5.74) is 9.26. The number of fused-ring (bicyclic) bond motifs is 2. The quantitative estimate of drug-likeness (QED) is 0.194. The zero-order valence-corrected chi connectivity index (χ0v) is 25.5. The van der Waals surface area contributed by atoms with Gasteiger partial charge in [0.2, 0.25) is 0 Å². The summed E-state index contributed by atoms with van der Waals surface area (Å²) in [6.45, 7) is 7.97. The van der Waals surface area contributed by atoms with Crippen LogP contribution in [0.1, 0.15) is 48.2 Å². The number of pyridine rings is 2. The van der Waals surface area contributed by atoms with Crippen molar-refractivity contribution in [2.24, 2.45) is 0 Å². The topological polar surface area (TPSA) is 42.9 Å². The van der Waals surface area contributed by atoms with Gasteiger partial charge in [-0.25, -0.2) is 0 Å². The van der Waals surface area contributed by atoms with E-state index in [4.69, 9.17) is 33.2 Å². The van der Waals surface area contributed by atoms with Crippen LogP contribution in [0.4, 0.5) is 0 Å². The van der Waals surface area contributed by atoms with Gasteiger partial charge in [0.25, 0.3) is 0 Å². The second-order valence-corrected chi connectivity index (χ2v) is 11.7. The summed E-state index contributed by atoms with van der Waals surface area (Å²) in [5.74, 6) is -0.782. The predicted octanol–water partition coefficient (Wildman–Crippen LogP) is 10.5. The van der Waals surface area contributed by atoms with Gasteiger partial charge in [0.15, 0.2) is 0 Å². The van der Waals surface area contributed by atoms with Gasteiger partial charge >= 0.3 is 0 Å². The first-order valence-electron chi connectivity index (χ1n) is 14.1. The van der Waals surface area contributed by atoms with E-state index >= 15 is 0 Å². The van der Waals surface area contributed by atoms with Gasteiger partial charge in [0.05, 0.1) is 11.0 Å². The molecule has 2 atom stereocenters. The third-order valence-electron chi connectivity index (χ3n) is 8.19. The monoisotopic (exact) mass is 588 g/mol. The molecule has 0 aliphatic carbocycles. The molecule has 42 heavy (non-hydrogen) atoms. The molecule has 0 aliphatic heterocycles. The average Bonchev–Trinajstić information content (AvgIpc) is 3.00. The number of nitrogens with zero attached hydrogens (tertiary/aromatic N) is 2. The molecule has 0 bridgehead atoms. The Morgan fingerprint density at radius 3 is 1.36 bits per heavy atom. The second kappa shape index (κ2) is 11.3. The number of carbonyl (C=O) groups is 1. The normalized spacial score (nSPS) is 12.9. The lowest BCUT2D eigenvalue weighted by atomic mass is 9.78. The summed E-state index contributed by atoms with van der Waals surface area (Å²) in [7, 11) is 0. The first-order valence-corrected chi connectivity index (χ1v) is 14.8. The Morgan fingerprint density at radius 1 is 0.595 bits per heavy atom. The van der Waals surface area contributed by atoms with Crippen molar-refractivity contribution in [3.8, 4) is 22.3 Å². The molecule has 2 aromatic heterocycles. The molecule has 2 unspecified atom stereocenters. The van der Waals surface area contributed by atoms with E-state index in [-0.39, 0.29) is 5.78 Å². The van der Waals surface area contributed by atoms with Crippen LogP contribution >= 0.6 is 23.2 Å². The molecule has 5 heteroatoms. The maximum absolute atomic E-state index is 14.6. The minimum Gasteiger partial charge on any atom is -0.298 e. The molecular formula is C37H30Cl2N2O. The van der Waals surface area contributed by atoms with Crippen LogP contribution in [0.25, 0.3) is 44.1 Å². The molecule has 0 saturated heterocycles. The number of ketones is 1. The van der Waals surface area contributed by atoms with Crippen molar-refractivity contribution < 1.29 is 4.79 Å². The molecule has 2 heterocycles. The van der Waals surface area contributed by atoms with Gasteiger partial charge in [-0.2, -0.15) is 0 Å². The van der Waals surface area contributed by atoms with Crippen LogP contribution < -0.4 is 0 Å². The van der Waals surface area contributed by atoms with E-state index in [1.54, 1.807) is 0 Å². The summed E-state index contributed by atoms with van der Waals surface area (Å²) < 4.78 is 0. The Kier molecular flexibility index (Phi) is 7.57. The van der Waals surface area contributed by atoms with Gasteiger partial charge in [-0.05, 0) is 83.6 Å². The summed E-state index contributed by atoms with van der Waals surface area (Å²) in [4.78, 5) is 24.5. The number of benzene rings is 4. The van der Waals surface area contributed by atoms with Gasteiger partial charge < -0.3 is 0 Å². The molecule has 0 radical (unpaired) electrons. The zero-order chi connectivity index (χ0) is 29.5. The third kappa shape index (κ3) is 4.98. The highest BCUT2D eigenvalue weighted by Gasteiger charge is 2.31. The zero-order valence-electron chi connectivity index (χ0n) is 24.0. The van der Waals surface area contributed by atoms with Crippen LogP contribution in [0.15, 0.2) is 97.1 Å². The van der Waals surface area contributed by atoms with E-state index in [0.29, 0.717) is 10.0 Å². The van der Waals surface area contributed by atoms with Crippen LogP contribution in [0.2, 0.25) is 10.0 Å². The van der Waals surface area contributed by atoms with Crippen molar-refractivity contribution >= 4 is 50.8 Å². The first-order chi connectivity index (χ1) is 20.2. The van der Waals surface area contributed by atoms with Gasteiger partial charge in [-0.3, -0.25) is 14.8 Å². The minimum absolute atomic E-state index is 0.0990. The number of halogens is 2. The Balaban J connectivity index is 1.56. The highest BCUT2D eigenvalue weighted by molar-refractivity contribution is 6.32. The van der Waals surface area contributed by atoms with Gasteiger partial charge in [-0.15, -0.1) is 0 Å². The number of aromatic nitrogens is 2. The summed E-state index contributed by atoms with van der Waals surface area (Å²) in [5, 5.41) is 3.13. The molecule has 208 valence electrons. The second-order valence-electron chi connectivity index (χ2n) is 10.9. The molecule has 4 aromatic carbocycles. The predicted molar refractivity (Wildman–Crippen MR) is 176 cm³/mol. The molecular weight excluding hydrogens is 559 g/mol. The molecule has 0 amide bonds. The first kappa shape index (κ1) is 28.1. The molecule has 0 saturated carbocycles. The fourth-order valence-electron chi connectivity index (χ4n) is 6.30. The summed E-state index contributed by atoms with van der Waals surface area (Å²) in [6.07, 6.45) is 0. The Hall–Kier alpha value is -4.05. The van der Waals surface area contributed by atoms with E-state index in [1.165, 1.54) is 0 Å². The van der Waals surface area contributed by atoms with Crippen molar-refractivity contribution in [3.63, 3.8) is 0 Å². The standard InChI is InChI=1S/C37H30Cl2N2O/c1-21(33-23(3)40-31-17-15-27(38)19-29(31)35(33)25-11-7-5-8-12-25)37(42)22(2)34-24(4)41-32-18-16-28(39)20-30(32)36(34)26-13-9-6-10-14-26/h5-22H,1-4H3. The van der Waals surface area contributed by atoms with Crippen LogP contribution in [-0.2, 0) is 4.79 Å². The Morgan fingerprint density at radius 2 is 0.976 bits per heavy atom. The largest absolute Gasteiger partial charge is 0.298 e. The van der Waals surface area contributed by atoms with Crippen LogP contribution in [0, 0.1) is 13.8 Å². The van der Waals surface area contributed by atoms with Crippen molar-refractivity contribution in [2.75, 3.05) is 0 Å². The molecule has 0 spiro atoms. The van der Waals surface area contributed by atoms with E-state index in [1.807, 2.05) is 100 Å². The lowest BCUT2D eigenvalue weighted by Crippen LogP contribution is -2.20. The van der Waals surface area contributed by atoms with E-state index < -0.39 is 11.8 Å². The number of hydrogen-bond donors (Lipinski definition) is 0. The minimum atomic E-state index is -0.441. The SMILES string of the molecule is Cc1nc2ccc(Cl)cc2c(-c2ccccc2)c1C(C)C(=O)C(C)c1c(C)nc2ccc(Cl)cc2c1-c1ccccc1. The number of hydrogen-bond acceptors (Lipinski definition) is 3. The van der Waals surface area contributed by atoms with Crippen molar-refractivity contribution in [1.82, 2.24) is 9.97 Å². The van der Waals surface area contributed by atoms with Crippen LogP contribution in [0.5, 0.6) is 0 Å². The Labute approximate surface area is 256 Å². The lowest BCUT2D eigenvalue weighted by molar-refractivity contribution is -0.121. The average molecular weight is 590 g/mol. The number of carbonyl (C=O) groups excluding carboxylic acids is 1. The fraction of sp³-hybridized carbons (Fsp3) is 0.162. The van der Waals surface area contributed by atoms with Gasteiger partial charge in [-0.1, -0.05) is 97.7 Å². The smallest absolute Gasteiger partial charge is 0.147 e. The lowest BCUT2D eigenvalue weighted by Gasteiger charge is -2.25. The van der Waals surface area contributed by atoms with Crippen molar-refractivity contribution in [1.29, 1.82) is 0 Å². The van der Waals surface area contributed by atoms with Gasteiger partial charge in [0, 0.05) is 44.0 Å².